The summed E-state index contributed by atoms with van der Waals surface area (Å²) in [6.07, 6.45) is 0. The Morgan fingerprint density at radius 1 is 0.944 bits per heavy atom. The summed E-state index contributed by atoms with van der Waals surface area (Å²) in [5, 5.41) is 8.52. The predicted octanol–water partition coefficient (Wildman–Crippen LogP) is 3.58. The van der Waals surface area contributed by atoms with E-state index < -0.39 is 34.4 Å². The molecule has 0 aliphatic rings. The molecular formula is C13H4F4N. The Kier molecular flexibility index (Phi) is 3.02. The van der Waals surface area contributed by atoms with Crippen LogP contribution < -0.4 is 0 Å². The number of hydrogen-bond acceptors (Lipinski definition) is 1. The van der Waals surface area contributed by atoms with Crippen LogP contribution in [0.25, 0.3) is 11.1 Å². The first kappa shape index (κ1) is 12.1. The Morgan fingerprint density at radius 2 is 1.56 bits per heavy atom. The topological polar surface area (TPSA) is 23.8 Å². The first-order chi connectivity index (χ1) is 8.54. The molecular weight excluding hydrogens is 246 g/mol. The van der Waals surface area contributed by atoms with E-state index in [9.17, 15) is 17.6 Å². The summed E-state index contributed by atoms with van der Waals surface area (Å²) in [7, 11) is 0. The largest absolute Gasteiger partial charge is 0.206 e. The maximum Gasteiger partial charge on any atom is 0.142 e. The van der Waals surface area contributed by atoms with Crippen LogP contribution in [0, 0.1) is 40.7 Å². The van der Waals surface area contributed by atoms with E-state index in [4.69, 9.17) is 5.26 Å². The molecule has 2 aromatic carbocycles. The minimum absolute atomic E-state index is 0.269. The van der Waals surface area contributed by atoms with Crippen molar-refractivity contribution in [2.24, 2.45) is 0 Å². The zero-order valence-electron chi connectivity index (χ0n) is 8.77. The van der Waals surface area contributed by atoms with E-state index in [1.165, 1.54) is 0 Å². The lowest BCUT2D eigenvalue weighted by atomic mass is 10.0. The lowest BCUT2D eigenvalue weighted by Crippen LogP contribution is -1.97. The number of nitriles is 1. The smallest absolute Gasteiger partial charge is 0.142 e. The minimum atomic E-state index is -1.20. The molecule has 2 rings (SSSR count). The van der Waals surface area contributed by atoms with Gasteiger partial charge in [-0.3, -0.25) is 0 Å². The van der Waals surface area contributed by atoms with Gasteiger partial charge < -0.3 is 0 Å². The molecule has 89 valence electrons. The molecule has 0 spiro atoms. The highest BCUT2D eigenvalue weighted by Crippen LogP contribution is 2.31. The van der Waals surface area contributed by atoms with E-state index in [0.717, 1.165) is 12.1 Å². The van der Waals surface area contributed by atoms with Crippen molar-refractivity contribution in [3.63, 3.8) is 0 Å². The van der Waals surface area contributed by atoms with Crippen molar-refractivity contribution in [1.82, 2.24) is 0 Å². The summed E-state index contributed by atoms with van der Waals surface area (Å²) in [5.74, 6) is -4.71. The number of hydrogen-bond donors (Lipinski definition) is 0. The molecule has 0 saturated carbocycles. The number of rotatable bonds is 1. The SMILES string of the molecule is N#Cc1cc(F)c(-c2c(F)[c]ccc2F)c(F)c1. The second-order valence-electron chi connectivity index (χ2n) is 3.44. The molecule has 0 aliphatic heterocycles. The summed E-state index contributed by atoms with van der Waals surface area (Å²) >= 11 is 0. The van der Waals surface area contributed by atoms with Crippen molar-refractivity contribution in [2.45, 2.75) is 0 Å². The number of benzene rings is 2. The van der Waals surface area contributed by atoms with Crippen LogP contribution in [0.3, 0.4) is 0 Å². The van der Waals surface area contributed by atoms with E-state index in [1.54, 1.807) is 6.07 Å². The molecule has 18 heavy (non-hydrogen) atoms. The molecule has 0 unspecified atom stereocenters. The van der Waals surface area contributed by atoms with Gasteiger partial charge in [0.05, 0.1) is 22.8 Å². The van der Waals surface area contributed by atoms with Crippen LogP contribution in [0.5, 0.6) is 0 Å². The third-order valence-corrected chi connectivity index (χ3v) is 2.32. The Labute approximate surface area is 99.9 Å². The fourth-order valence-electron chi connectivity index (χ4n) is 1.55. The Balaban J connectivity index is 2.77. The summed E-state index contributed by atoms with van der Waals surface area (Å²) < 4.78 is 54.0. The number of halogens is 4. The quantitative estimate of drug-likeness (QED) is 0.709. The summed E-state index contributed by atoms with van der Waals surface area (Å²) in [6, 6.07) is 6.79. The summed E-state index contributed by atoms with van der Waals surface area (Å²) in [4.78, 5) is 0. The van der Waals surface area contributed by atoms with Gasteiger partial charge in [-0.2, -0.15) is 5.26 Å². The lowest BCUT2D eigenvalue weighted by Gasteiger charge is -2.07. The van der Waals surface area contributed by atoms with Gasteiger partial charge in [0.15, 0.2) is 0 Å². The molecule has 0 heterocycles. The van der Waals surface area contributed by atoms with Crippen molar-refractivity contribution in [3.05, 3.63) is 59.2 Å². The predicted molar refractivity (Wildman–Crippen MR) is 55.3 cm³/mol. The molecule has 0 N–H and O–H groups in total. The highest BCUT2D eigenvalue weighted by atomic mass is 19.1. The van der Waals surface area contributed by atoms with Gasteiger partial charge in [0, 0.05) is 6.07 Å². The van der Waals surface area contributed by atoms with Gasteiger partial charge in [-0.25, -0.2) is 17.6 Å². The van der Waals surface area contributed by atoms with Gasteiger partial charge in [0.25, 0.3) is 0 Å². The van der Waals surface area contributed by atoms with Crippen molar-refractivity contribution in [2.75, 3.05) is 0 Å². The molecule has 0 atom stereocenters. The second-order valence-corrected chi connectivity index (χ2v) is 3.44. The van der Waals surface area contributed by atoms with Crippen LogP contribution >= 0.6 is 0 Å². The minimum Gasteiger partial charge on any atom is -0.206 e. The van der Waals surface area contributed by atoms with E-state index in [2.05, 4.69) is 0 Å². The van der Waals surface area contributed by atoms with Crippen LogP contribution in [-0.4, -0.2) is 0 Å². The first-order valence-electron chi connectivity index (χ1n) is 4.79. The molecule has 0 bridgehead atoms. The van der Waals surface area contributed by atoms with E-state index in [1.807, 2.05) is 6.07 Å². The van der Waals surface area contributed by atoms with Gasteiger partial charge in [-0.1, -0.05) is 0 Å². The molecule has 1 radical (unpaired) electrons. The van der Waals surface area contributed by atoms with Crippen LogP contribution in [0.15, 0.2) is 24.3 Å². The normalized spacial score (nSPS) is 10.2. The van der Waals surface area contributed by atoms with Crippen molar-refractivity contribution < 1.29 is 17.6 Å². The Morgan fingerprint density at radius 3 is 2.06 bits per heavy atom. The fraction of sp³-hybridized carbons (Fsp3) is 0. The highest BCUT2D eigenvalue weighted by Gasteiger charge is 2.20. The van der Waals surface area contributed by atoms with E-state index in [-0.39, 0.29) is 5.56 Å². The van der Waals surface area contributed by atoms with Crippen LogP contribution in [-0.2, 0) is 0 Å². The van der Waals surface area contributed by atoms with Gasteiger partial charge in [-0.05, 0) is 24.3 Å². The molecule has 0 aromatic heterocycles. The standard InChI is InChI=1S/C13H4F4N/c14-8-2-1-3-9(15)12(8)13-10(16)4-7(6-18)5-11(13)17/h1-2,4-5H. The molecule has 0 amide bonds. The van der Waals surface area contributed by atoms with Gasteiger partial charge in [-0.15, -0.1) is 0 Å². The molecule has 5 heteroatoms. The zero-order valence-corrected chi connectivity index (χ0v) is 8.77. The van der Waals surface area contributed by atoms with E-state index >= 15 is 0 Å². The van der Waals surface area contributed by atoms with E-state index in [0.29, 0.717) is 12.1 Å². The van der Waals surface area contributed by atoms with Crippen molar-refractivity contribution in [3.8, 4) is 17.2 Å². The molecule has 1 nitrogen and oxygen atoms in total. The lowest BCUT2D eigenvalue weighted by molar-refractivity contribution is 0.562. The molecule has 0 saturated heterocycles. The third kappa shape index (κ3) is 1.93. The molecule has 2 aromatic rings. The highest BCUT2D eigenvalue weighted by molar-refractivity contribution is 5.67. The second kappa shape index (κ2) is 4.49. The zero-order chi connectivity index (χ0) is 13.3. The first-order valence-corrected chi connectivity index (χ1v) is 4.79. The maximum absolute atomic E-state index is 13.6. The Bertz CT molecular complexity index is 615. The van der Waals surface area contributed by atoms with Crippen LogP contribution in [0.2, 0.25) is 0 Å². The number of nitrogens with zero attached hydrogens (tertiary/aromatic N) is 1. The monoisotopic (exact) mass is 250 g/mol. The van der Waals surface area contributed by atoms with Crippen LogP contribution in [0.1, 0.15) is 5.56 Å². The summed E-state index contributed by atoms with van der Waals surface area (Å²) in [5.41, 5.74) is -1.95. The third-order valence-electron chi connectivity index (χ3n) is 2.32. The van der Waals surface area contributed by atoms with Gasteiger partial charge in [0.1, 0.15) is 23.3 Å². The van der Waals surface area contributed by atoms with Gasteiger partial charge >= 0.3 is 0 Å². The maximum atomic E-state index is 13.6. The molecule has 0 aliphatic carbocycles. The van der Waals surface area contributed by atoms with Crippen molar-refractivity contribution >= 4 is 0 Å². The average Bonchev–Trinajstić information content (AvgIpc) is 2.31. The average molecular weight is 250 g/mol. The van der Waals surface area contributed by atoms with Crippen LogP contribution in [0.4, 0.5) is 17.6 Å². The Hall–Kier alpha value is -2.35. The van der Waals surface area contributed by atoms with Gasteiger partial charge in [0.2, 0.25) is 0 Å². The fourth-order valence-corrected chi connectivity index (χ4v) is 1.55. The summed E-state index contributed by atoms with van der Waals surface area (Å²) in [6.45, 7) is 0. The van der Waals surface area contributed by atoms with Crippen molar-refractivity contribution in [1.29, 1.82) is 5.26 Å². The molecule has 0 fully saturated rings.